The maximum atomic E-state index is 6.52. The molecule has 5 aliphatic rings. The number of rotatable bonds is 5. The zero-order chi connectivity index (χ0) is 22.9. The van der Waals surface area contributed by atoms with Crippen molar-refractivity contribution in [3.63, 3.8) is 0 Å². The lowest BCUT2D eigenvalue weighted by atomic mass is 9.44. The van der Waals surface area contributed by atoms with Gasteiger partial charge in [0.15, 0.2) is 0 Å². The molecule has 1 aliphatic heterocycles. The van der Waals surface area contributed by atoms with E-state index in [1.54, 1.807) is 0 Å². The van der Waals surface area contributed by atoms with Crippen molar-refractivity contribution < 1.29 is 4.74 Å². The average molecular weight is 461 g/mol. The molecule has 5 rings (SSSR count). The molecule has 0 aromatic carbocycles. The van der Waals surface area contributed by atoms with Crippen LogP contribution in [0.5, 0.6) is 0 Å². The second-order valence-electron chi connectivity index (χ2n) is 14.3. The molecule has 4 saturated carbocycles. The highest BCUT2D eigenvalue weighted by Gasteiger charge is 2.62. The van der Waals surface area contributed by atoms with Crippen molar-refractivity contribution >= 4 is 11.8 Å². The van der Waals surface area contributed by atoms with Crippen LogP contribution in [0.4, 0.5) is 0 Å². The molecule has 2 heteroatoms. The van der Waals surface area contributed by atoms with E-state index >= 15 is 0 Å². The fourth-order valence-electron chi connectivity index (χ4n) is 10.3. The van der Waals surface area contributed by atoms with Gasteiger partial charge in [0.2, 0.25) is 0 Å². The van der Waals surface area contributed by atoms with Crippen LogP contribution in [0.2, 0.25) is 0 Å². The van der Waals surface area contributed by atoms with Crippen molar-refractivity contribution in [2.24, 2.45) is 52.3 Å². The quantitative estimate of drug-likeness (QED) is 0.405. The summed E-state index contributed by atoms with van der Waals surface area (Å²) in [5.41, 5.74) is 1.20. The summed E-state index contributed by atoms with van der Waals surface area (Å²) in [5, 5.41) is 0.746. The van der Waals surface area contributed by atoms with Gasteiger partial charge in [-0.3, -0.25) is 0 Å². The van der Waals surface area contributed by atoms with Crippen LogP contribution in [-0.4, -0.2) is 16.3 Å². The van der Waals surface area contributed by atoms with Crippen LogP contribution < -0.4 is 0 Å². The van der Waals surface area contributed by atoms with E-state index in [1.165, 1.54) is 70.6 Å². The van der Waals surface area contributed by atoms with Crippen LogP contribution in [0.3, 0.4) is 0 Å². The molecule has 1 saturated heterocycles. The molecular weight excluding hydrogens is 408 g/mol. The molecule has 1 heterocycles. The van der Waals surface area contributed by atoms with Gasteiger partial charge in [-0.15, -0.1) is 11.8 Å². The number of thioether (sulfide) groups is 1. The topological polar surface area (TPSA) is 9.23 Å². The number of hydrogen-bond donors (Lipinski definition) is 0. The smallest absolute Gasteiger partial charge is 0.108 e. The highest BCUT2D eigenvalue weighted by Crippen LogP contribution is 2.69. The van der Waals surface area contributed by atoms with E-state index < -0.39 is 0 Å². The van der Waals surface area contributed by atoms with Crippen LogP contribution in [0.1, 0.15) is 119 Å². The Kier molecular flexibility index (Phi) is 6.35. The summed E-state index contributed by atoms with van der Waals surface area (Å²) in [6.45, 7) is 17.5. The lowest BCUT2D eigenvalue weighted by Crippen LogP contribution is -2.56. The average Bonchev–Trinajstić information content (AvgIpc) is 3.19. The van der Waals surface area contributed by atoms with E-state index in [1.807, 2.05) is 0 Å². The first-order chi connectivity index (χ1) is 15.0. The lowest BCUT2D eigenvalue weighted by molar-refractivity contribution is -0.136. The number of hydrogen-bond acceptors (Lipinski definition) is 2. The zero-order valence-electron chi connectivity index (χ0n) is 22.3. The SMILES string of the molecule is CC(C)CCC[C@@H](C)[C@H]1CC[C@H]2[C@@H]3CC[C@H]4C[C@H]5OC(C)(C)S[C@@H]5C[C@]4(C)[C@H]3CC[C@]12C. The van der Waals surface area contributed by atoms with Crippen LogP contribution in [0.15, 0.2) is 0 Å². The molecule has 32 heavy (non-hydrogen) atoms. The van der Waals surface area contributed by atoms with Gasteiger partial charge in [0.05, 0.1) is 6.10 Å². The van der Waals surface area contributed by atoms with Crippen molar-refractivity contribution in [3.05, 3.63) is 0 Å². The summed E-state index contributed by atoms with van der Waals surface area (Å²) < 4.78 is 6.52. The second-order valence-corrected chi connectivity index (χ2v) is 16.2. The minimum absolute atomic E-state index is 0.0358. The van der Waals surface area contributed by atoms with Crippen molar-refractivity contribution in [1.29, 1.82) is 0 Å². The van der Waals surface area contributed by atoms with Gasteiger partial charge in [0.1, 0.15) is 4.93 Å². The predicted molar refractivity (Wildman–Crippen MR) is 139 cm³/mol. The van der Waals surface area contributed by atoms with Crippen LogP contribution in [0, 0.1) is 52.3 Å². The van der Waals surface area contributed by atoms with Crippen LogP contribution >= 0.6 is 11.8 Å². The molecule has 0 N–H and O–H groups in total. The molecule has 0 spiro atoms. The van der Waals surface area contributed by atoms with Crippen molar-refractivity contribution in [2.75, 3.05) is 0 Å². The van der Waals surface area contributed by atoms with Gasteiger partial charge in [-0.05, 0) is 117 Å². The maximum Gasteiger partial charge on any atom is 0.108 e. The zero-order valence-corrected chi connectivity index (χ0v) is 23.1. The molecule has 1 nitrogen and oxygen atoms in total. The molecule has 10 atom stereocenters. The Bertz CT molecular complexity index is 686. The van der Waals surface area contributed by atoms with Gasteiger partial charge in [-0.2, -0.15) is 0 Å². The Morgan fingerprint density at radius 1 is 0.875 bits per heavy atom. The first-order valence-corrected chi connectivity index (χ1v) is 15.3. The minimum atomic E-state index is 0.0358. The van der Waals surface area contributed by atoms with E-state index in [-0.39, 0.29) is 4.93 Å². The molecular formula is C30H52OS. The van der Waals surface area contributed by atoms with Crippen LogP contribution in [-0.2, 0) is 4.74 Å². The summed E-state index contributed by atoms with van der Waals surface area (Å²) in [6.07, 6.45) is 16.7. The maximum absolute atomic E-state index is 6.52. The number of ether oxygens (including phenoxy) is 1. The fraction of sp³-hybridized carbons (Fsp3) is 1.00. The van der Waals surface area contributed by atoms with Gasteiger partial charge >= 0.3 is 0 Å². The minimum Gasteiger partial charge on any atom is -0.361 e. The molecule has 5 fully saturated rings. The Morgan fingerprint density at radius 2 is 1.62 bits per heavy atom. The van der Waals surface area contributed by atoms with E-state index in [2.05, 4.69) is 60.2 Å². The molecule has 0 aromatic heterocycles. The third-order valence-electron chi connectivity index (χ3n) is 11.7. The first kappa shape index (κ1) is 24.0. The summed E-state index contributed by atoms with van der Waals surface area (Å²) in [6, 6.07) is 0. The normalized spacial score (nSPS) is 50.4. The highest BCUT2D eigenvalue weighted by molar-refractivity contribution is 8.01. The summed E-state index contributed by atoms with van der Waals surface area (Å²) in [5.74, 6) is 6.71. The van der Waals surface area contributed by atoms with E-state index in [0.717, 1.165) is 46.7 Å². The molecule has 184 valence electrons. The largest absolute Gasteiger partial charge is 0.361 e. The second kappa shape index (κ2) is 8.46. The molecule has 0 radical (unpaired) electrons. The molecule has 0 bridgehead atoms. The van der Waals surface area contributed by atoms with Gasteiger partial charge in [0, 0.05) is 5.25 Å². The van der Waals surface area contributed by atoms with E-state index in [4.69, 9.17) is 4.74 Å². The Hall–Kier alpha value is 0.310. The van der Waals surface area contributed by atoms with E-state index in [9.17, 15) is 0 Å². The summed E-state index contributed by atoms with van der Waals surface area (Å²) >= 11 is 2.16. The molecule has 0 unspecified atom stereocenters. The van der Waals surface area contributed by atoms with Gasteiger partial charge in [-0.1, -0.05) is 53.9 Å². The Morgan fingerprint density at radius 3 is 2.38 bits per heavy atom. The molecule has 4 aliphatic carbocycles. The van der Waals surface area contributed by atoms with Crippen molar-refractivity contribution in [1.82, 2.24) is 0 Å². The third kappa shape index (κ3) is 3.94. The van der Waals surface area contributed by atoms with Crippen LogP contribution in [0.25, 0.3) is 0 Å². The molecule has 0 amide bonds. The molecule has 0 aromatic rings. The summed E-state index contributed by atoms with van der Waals surface area (Å²) in [4.78, 5) is 0.0358. The van der Waals surface area contributed by atoms with Crippen molar-refractivity contribution in [3.8, 4) is 0 Å². The first-order valence-electron chi connectivity index (χ1n) is 14.4. The van der Waals surface area contributed by atoms with E-state index in [0.29, 0.717) is 16.9 Å². The fourth-order valence-corrected chi connectivity index (χ4v) is 11.9. The highest BCUT2D eigenvalue weighted by atomic mass is 32.2. The third-order valence-corrected chi connectivity index (χ3v) is 13.1. The van der Waals surface area contributed by atoms with Crippen molar-refractivity contribution in [2.45, 2.75) is 135 Å². The van der Waals surface area contributed by atoms with Gasteiger partial charge in [0.25, 0.3) is 0 Å². The Balaban J connectivity index is 1.30. The lowest BCUT2D eigenvalue weighted by Gasteiger charge is -2.61. The standard InChI is InChI=1S/C30H52OS/c1-19(2)9-8-10-20(3)23-13-14-24-22-12-11-21-17-26-27(32-28(4,5)31-26)18-30(21,7)25(22)15-16-29(23,24)6/h19-27H,8-18H2,1-7H3/t20-,21+,22+,23-,24+,25+,26-,27-,29-,30+/m1/s1. The monoisotopic (exact) mass is 460 g/mol. The predicted octanol–water partition coefficient (Wildman–Crippen LogP) is 8.95. The number of fused-ring (bicyclic) bond motifs is 6. The Labute approximate surface area is 204 Å². The van der Waals surface area contributed by atoms with Gasteiger partial charge < -0.3 is 4.74 Å². The van der Waals surface area contributed by atoms with Gasteiger partial charge in [-0.25, -0.2) is 0 Å². The summed E-state index contributed by atoms with van der Waals surface area (Å²) in [7, 11) is 0.